The first kappa shape index (κ1) is 18.1. The van der Waals surface area contributed by atoms with Gasteiger partial charge in [-0.1, -0.05) is 5.11 Å². The van der Waals surface area contributed by atoms with Crippen LogP contribution in [0.25, 0.3) is 10.4 Å². The summed E-state index contributed by atoms with van der Waals surface area (Å²) in [6, 6.07) is -0.732. The Kier molecular flexibility index (Phi) is 6.45. The molecule has 2 unspecified atom stereocenters. The van der Waals surface area contributed by atoms with E-state index in [1.54, 1.807) is 20.8 Å². The van der Waals surface area contributed by atoms with Crippen LogP contribution in [0.15, 0.2) is 5.11 Å². The smallest absolute Gasteiger partial charge is 0.411 e. The summed E-state index contributed by atoms with van der Waals surface area (Å²) < 4.78 is 15.5. The SMILES string of the molecule is COC(=O)C1CC(OCCN=[N+]=[N-])CN1C(=O)OC(C)(C)C. The average molecular weight is 314 g/mol. The van der Waals surface area contributed by atoms with E-state index in [-0.39, 0.29) is 25.8 Å². The van der Waals surface area contributed by atoms with Crippen LogP contribution in [0, 0.1) is 0 Å². The molecule has 1 aliphatic rings. The van der Waals surface area contributed by atoms with Crippen LogP contribution in [0.1, 0.15) is 27.2 Å². The molecule has 0 aromatic heterocycles. The van der Waals surface area contributed by atoms with Gasteiger partial charge in [0.15, 0.2) is 0 Å². The van der Waals surface area contributed by atoms with Gasteiger partial charge in [-0.2, -0.15) is 0 Å². The van der Waals surface area contributed by atoms with Crippen molar-refractivity contribution < 1.29 is 23.8 Å². The van der Waals surface area contributed by atoms with E-state index in [2.05, 4.69) is 10.0 Å². The number of rotatable bonds is 5. The van der Waals surface area contributed by atoms with Gasteiger partial charge in [-0.3, -0.25) is 4.90 Å². The van der Waals surface area contributed by atoms with Gasteiger partial charge >= 0.3 is 12.1 Å². The van der Waals surface area contributed by atoms with Crippen molar-refractivity contribution >= 4 is 12.1 Å². The van der Waals surface area contributed by atoms with Gasteiger partial charge < -0.3 is 14.2 Å². The van der Waals surface area contributed by atoms with Gasteiger partial charge in [0.05, 0.1) is 26.4 Å². The number of hydrogen-bond acceptors (Lipinski definition) is 6. The minimum atomic E-state index is -0.732. The number of azide groups is 1. The topological polar surface area (TPSA) is 114 Å². The molecule has 0 spiro atoms. The molecule has 0 saturated carbocycles. The van der Waals surface area contributed by atoms with Crippen molar-refractivity contribution in [1.29, 1.82) is 0 Å². The van der Waals surface area contributed by atoms with E-state index in [9.17, 15) is 9.59 Å². The van der Waals surface area contributed by atoms with Crippen LogP contribution in [0.2, 0.25) is 0 Å². The van der Waals surface area contributed by atoms with Crippen LogP contribution < -0.4 is 0 Å². The first-order valence-corrected chi connectivity index (χ1v) is 6.98. The number of hydrogen-bond donors (Lipinski definition) is 0. The van der Waals surface area contributed by atoms with Gasteiger partial charge in [-0.05, 0) is 26.3 Å². The van der Waals surface area contributed by atoms with E-state index in [4.69, 9.17) is 19.7 Å². The Morgan fingerprint density at radius 1 is 1.41 bits per heavy atom. The Balaban J connectivity index is 2.69. The van der Waals surface area contributed by atoms with Gasteiger partial charge in [0, 0.05) is 17.9 Å². The third-order valence-corrected chi connectivity index (χ3v) is 2.97. The molecule has 0 aliphatic carbocycles. The van der Waals surface area contributed by atoms with E-state index in [0.717, 1.165) is 0 Å². The normalized spacial score (nSPS) is 21.2. The summed E-state index contributed by atoms with van der Waals surface area (Å²) in [5, 5.41) is 3.36. The van der Waals surface area contributed by atoms with Crippen LogP contribution in [-0.4, -0.2) is 61.5 Å². The zero-order valence-electron chi connectivity index (χ0n) is 13.3. The maximum absolute atomic E-state index is 12.2. The van der Waals surface area contributed by atoms with Gasteiger partial charge in [0.25, 0.3) is 0 Å². The second kappa shape index (κ2) is 7.86. The summed E-state index contributed by atoms with van der Waals surface area (Å²) >= 11 is 0. The first-order chi connectivity index (χ1) is 10.3. The van der Waals surface area contributed by atoms with E-state index in [1.807, 2.05) is 0 Å². The second-order valence-electron chi connectivity index (χ2n) is 5.85. The quantitative estimate of drug-likeness (QED) is 0.252. The summed E-state index contributed by atoms with van der Waals surface area (Å²) in [4.78, 5) is 28.0. The lowest BCUT2D eigenvalue weighted by molar-refractivity contribution is -0.145. The third-order valence-electron chi connectivity index (χ3n) is 2.97. The summed E-state index contributed by atoms with van der Waals surface area (Å²) in [6.45, 7) is 5.91. The number of carbonyl (C=O) groups excluding carboxylic acids is 2. The Morgan fingerprint density at radius 2 is 2.09 bits per heavy atom. The molecule has 1 amide bonds. The van der Waals surface area contributed by atoms with Crippen molar-refractivity contribution in [1.82, 2.24) is 4.90 Å². The molecule has 9 nitrogen and oxygen atoms in total. The molecule has 124 valence electrons. The molecule has 0 aromatic rings. The molecular formula is C13H22N4O5. The average Bonchev–Trinajstić information content (AvgIpc) is 2.85. The predicted octanol–water partition coefficient (Wildman–Crippen LogP) is 1.86. The number of nitrogens with zero attached hydrogens (tertiary/aromatic N) is 4. The largest absolute Gasteiger partial charge is 0.467 e. The van der Waals surface area contributed by atoms with Crippen LogP contribution in [-0.2, 0) is 19.0 Å². The zero-order chi connectivity index (χ0) is 16.8. The lowest BCUT2D eigenvalue weighted by Crippen LogP contribution is -2.44. The van der Waals surface area contributed by atoms with Crippen molar-refractivity contribution in [2.45, 2.75) is 44.9 Å². The summed E-state index contributed by atoms with van der Waals surface area (Å²) in [5.41, 5.74) is 7.55. The maximum atomic E-state index is 12.2. The molecule has 1 heterocycles. The minimum Gasteiger partial charge on any atom is -0.467 e. The second-order valence-corrected chi connectivity index (χ2v) is 5.85. The van der Waals surface area contributed by atoms with Gasteiger partial charge in [0.1, 0.15) is 11.6 Å². The summed E-state index contributed by atoms with van der Waals surface area (Å²) in [5.74, 6) is -0.507. The third kappa shape index (κ3) is 5.42. The maximum Gasteiger partial charge on any atom is 0.411 e. The highest BCUT2D eigenvalue weighted by Crippen LogP contribution is 2.24. The number of amides is 1. The molecule has 0 bridgehead atoms. The highest BCUT2D eigenvalue weighted by Gasteiger charge is 2.42. The molecule has 0 radical (unpaired) electrons. The minimum absolute atomic E-state index is 0.197. The number of ether oxygens (including phenoxy) is 3. The van der Waals surface area contributed by atoms with E-state index in [1.165, 1.54) is 12.0 Å². The Labute approximate surface area is 129 Å². The fraction of sp³-hybridized carbons (Fsp3) is 0.846. The molecular weight excluding hydrogens is 292 g/mol. The monoisotopic (exact) mass is 314 g/mol. The molecule has 9 heteroatoms. The van der Waals surface area contributed by atoms with Crippen LogP contribution in [0.5, 0.6) is 0 Å². The van der Waals surface area contributed by atoms with E-state index < -0.39 is 23.7 Å². The van der Waals surface area contributed by atoms with Crippen molar-refractivity contribution in [3.63, 3.8) is 0 Å². The number of likely N-dealkylation sites (tertiary alicyclic amines) is 1. The molecule has 1 fully saturated rings. The molecule has 2 atom stereocenters. The fourth-order valence-electron chi connectivity index (χ4n) is 2.10. The molecule has 1 saturated heterocycles. The summed E-state index contributed by atoms with van der Waals surface area (Å²) in [6.07, 6.45) is -0.586. The van der Waals surface area contributed by atoms with Crippen molar-refractivity contribution in [2.24, 2.45) is 5.11 Å². The standard InChI is InChI=1S/C13H22N4O5/c1-13(2,3)22-12(19)17-8-9(21-6-5-15-16-14)7-10(17)11(18)20-4/h9-10H,5-8H2,1-4H3. The molecule has 0 N–H and O–H groups in total. The molecule has 1 rings (SSSR count). The highest BCUT2D eigenvalue weighted by atomic mass is 16.6. The van der Waals surface area contributed by atoms with E-state index in [0.29, 0.717) is 6.42 Å². The Hall–Kier alpha value is -1.99. The van der Waals surface area contributed by atoms with Crippen molar-refractivity contribution in [3.8, 4) is 0 Å². The fourth-order valence-corrected chi connectivity index (χ4v) is 2.10. The first-order valence-electron chi connectivity index (χ1n) is 6.98. The Bertz CT molecular complexity index is 456. The highest BCUT2D eigenvalue weighted by molar-refractivity contribution is 5.82. The van der Waals surface area contributed by atoms with Gasteiger partial charge in [-0.15, -0.1) is 0 Å². The predicted molar refractivity (Wildman–Crippen MR) is 77.1 cm³/mol. The van der Waals surface area contributed by atoms with Gasteiger partial charge in [0.2, 0.25) is 0 Å². The van der Waals surface area contributed by atoms with Crippen LogP contribution in [0.3, 0.4) is 0 Å². The Morgan fingerprint density at radius 3 is 2.64 bits per heavy atom. The van der Waals surface area contributed by atoms with Crippen LogP contribution in [0.4, 0.5) is 4.79 Å². The van der Waals surface area contributed by atoms with Crippen LogP contribution >= 0.6 is 0 Å². The summed E-state index contributed by atoms with van der Waals surface area (Å²) in [7, 11) is 1.27. The molecule has 1 aliphatic heterocycles. The lowest BCUT2D eigenvalue weighted by Gasteiger charge is -2.27. The molecule has 0 aromatic carbocycles. The van der Waals surface area contributed by atoms with Gasteiger partial charge in [-0.25, -0.2) is 9.59 Å². The lowest BCUT2D eigenvalue weighted by atomic mass is 10.2. The van der Waals surface area contributed by atoms with Crippen molar-refractivity contribution in [3.05, 3.63) is 10.4 Å². The molecule has 22 heavy (non-hydrogen) atoms. The number of carbonyl (C=O) groups is 2. The number of esters is 1. The zero-order valence-corrected chi connectivity index (χ0v) is 13.3. The number of methoxy groups -OCH3 is 1. The van der Waals surface area contributed by atoms with E-state index >= 15 is 0 Å². The van der Waals surface area contributed by atoms with Crippen molar-refractivity contribution in [2.75, 3.05) is 26.8 Å².